The second-order valence-corrected chi connectivity index (χ2v) is 25.7. The molecule has 85 heavy (non-hydrogen) atoms. The summed E-state index contributed by atoms with van der Waals surface area (Å²) in [6, 6.07) is 12.9. The molecule has 0 radical (unpaired) electrons. The van der Waals surface area contributed by atoms with Crippen molar-refractivity contribution in [2.75, 3.05) is 67.6 Å². The third-order valence-electron chi connectivity index (χ3n) is 18.2. The monoisotopic (exact) mass is 1170 g/mol. The van der Waals surface area contributed by atoms with Gasteiger partial charge in [-0.05, 0) is 169 Å². The van der Waals surface area contributed by atoms with Crippen LogP contribution in [0.15, 0.2) is 42.5 Å². The van der Waals surface area contributed by atoms with E-state index in [1.807, 2.05) is 53.8 Å². The molecule has 1 saturated heterocycles. The number of amides is 1. The lowest BCUT2D eigenvalue weighted by Gasteiger charge is -2.37. The molecule has 7 rings (SSSR count). The van der Waals surface area contributed by atoms with E-state index in [0.717, 1.165) is 90.5 Å². The number of halogens is 1. The van der Waals surface area contributed by atoms with Crippen molar-refractivity contribution < 1.29 is 28.6 Å². The average molecular weight is 1170 g/mol. The van der Waals surface area contributed by atoms with Crippen LogP contribution < -0.4 is 19.4 Å². The van der Waals surface area contributed by atoms with Crippen LogP contribution in [-0.4, -0.2) is 90.4 Å². The Hall–Kier alpha value is -5.54. The topological polar surface area (TPSA) is 119 Å². The number of benzene rings is 3. The van der Waals surface area contributed by atoms with Gasteiger partial charge in [-0.1, -0.05) is 126 Å². The minimum absolute atomic E-state index is 0.0637. The molecule has 3 aromatic carbocycles. The van der Waals surface area contributed by atoms with Gasteiger partial charge in [0, 0.05) is 92.2 Å². The number of phenols is 1. The van der Waals surface area contributed by atoms with Crippen molar-refractivity contribution in [2.45, 2.75) is 225 Å². The number of carbonyl (C=O) groups is 3. The van der Waals surface area contributed by atoms with E-state index in [1.54, 1.807) is 30.0 Å². The highest BCUT2D eigenvalue weighted by atomic mass is 19.1. The standard InChI is InChI=1S/C31H35FN4O2.C20H43N.C12H17NO.C10H18O2/c1-4-23-25(32)9-8-21-15-22(37)16-27(28(21)23)35-14-10-24-26(18-35)33-30(38-19-31(5-2)11-12-31)34-29(24)36-13-6-7-20(3)17-36;1-7-11-20(13-12-18(5)9-3)17-21(15-8-2)16-14-19(6)10-4;1-5-12(14)13(4)11-8-9(2)6-7-10(11)3;1-4-5-10(12)8(2)6-7-9(3)11/h1,8-9,15-16,20,37H,5-7,10-14,17-19H2,2-3H3;18-20H,7-17H2,1-6H3;6-8H,5H2,1-4H3;8H,4-7H2,1-3H3. The molecule has 1 aromatic heterocycles. The van der Waals surface area contributed by atoms with Crippen molar-refractivity contribution in [3.8, 4) is 24.1 Å². The van der Waals surface area contributed by atoms with Gasteiger partial charge in [0.15, 0.2) is 0 Å². The number of ether oxygens (including phenoxy) is 1. The van der Waals surface area contributed by atoms with Crippen molar-refractivity contribution in [3.63, 3.8) is 0 Å². The molecule has 5 atom stereocenters. The molecule has 1 amide bonds. The number of anilines is 3. The third kappa shape index (κ3) is 22.9. The third-order valence-corrected chi connectivity index (χ3v) is 18.2. The van der Waals surface area contributed by atoms with Gasteiger partial charge in [0.05, 0.1) is 24.4 Å². The molecule has 5 unspecified atom stereocenters. The van der Waals surface area contributed by atoms with E-state index in [1.165, 1.54) is 102 Å². The second-order valence-electron chi connectivity index (χ2n) is 25.7. The number of hydrogen-bond donors (Lipinski definition) is 1. The number of aryl methyl sites for hydroxylation is 2. The SMILES string of the molecule is C#Cc1c(F)ccc2cc(O)cc(N3CCc4c(nc(OCC5(CC)CC5)nc4N4CCCC(C)C4)C3)c12.CCC(=O)N(C)c1cc(C)ccc1C.CCCC(=O)C(C)CCC(C)=O.CCCC(CCC(C)CC)CN(CCC)CCC(C)CC. The summed E-state index contributed by atoms with van der Waals surface area (Å²) in [6.07, 6.45) is 26.7. The Morgan fingerprint density at radius 2 is 1.58 bits per heavy atom. The summed E-state index contributed by atoms with van der Waals surface area (Å²) in [7, 11) is 1.83. The van der Waals surface area contributed by atoms with Crippen molar-refractivity contribution in [1.82, 2.24) is 14.9 Å². The van der Waals surface area contributed by atoms with E-state index in [9.17, 15) is 23.9 Å². The number of rotatable bonds is 28. The predicted octanol–water partition coefficient (Wildman–Crippen LogP) is 17.2. The quantitative estimate of drug-likeness (QED) is 0.0551. The summed E-state index contributed by atoms with van der Waals surface area (Å²) in [5.74, 6) is 7.22. The number of carbonyl (C=O) groups excluding carboxylic acids is 3. The van der Waals surface area contributed by atoms with Crippen molar-refractivity contribution in [1.29, 1.82) is 0 Å². The maximum absolute atomic E-state index is 14.7. The summed E-state index contributed by atoms with van der Waals surface area (Å²) in [5, 5.41) is 11.9. The number of Topliss-reactive ketones (excluding diaryl/α,β-unsaturated/α-hetero) is 2. The predicted molar refractivity (Wildman–Crippen MR) is 355 cm³/mol. The summed E-state index contributed by atoms with van der Waals surface area (Å²) < 4.78 is 20.9. The van der Waals surface area contributed by atoms with Gasteiger partial charge in [0.2, 0.25) is 5.91 Å². The van der Waals surface area contributed by atoms with Crippen molar-refractivity contribution in [2.24, 2.45) is 35.0 Å². The molecule has 3 aliphatic rings. The number of piperidine rings is 1. The molecule has 12 heteroatoms. The molecular formula is C73H113FN6O5. The Morgan fingerprint density at radius 3 is 2.19 bits per heavy atom. The molecule has 2 aliphatic heterocycles. The Bertz CT molecular complexity index is 2730. The zero-order chi connectivity index (χ0) is 62.8. The van der Waals surface area contributed by atoms with Gasteiger partial charge in [-0.25, -0.2) is 4.39 Å². The molecule has 1 aliphatic carbocycles. The van der Waals surface area contributed by atoms with Crippen molar-refractivity contribution >= 4 is 45.4 Å². The fraction of sp³-hybridized carbons (Fsp3) is 0.658. The zero-order valence-electron chi connectivity index (χ0n) is 55.7. The molecule has 1 saturated carbocycles. The van der Waals surface area contributed by atoms with Gasteiger partial charge >= 0.3 is 6.01 Å². The highest BCUT2D eigenvalue weighted by molar-refractivity contribution is 6.00. The molecule has 0 spiro atoms. The highest BCUT2D eigenvalue weighted by Crippen LogP contribution is 2.49. The number of nitrogens with zero attached hydrogens (tertiary/aromatic N) is 6. The molecule has 3 heterocycles. The summed E-state index contributed by atoms with van der Waals surface area (Å²) in [4.78, 5) is 52.3. The van der Waals surface area contributed by atoms with E-state index in [-0.39, 0.29) is 34.3 Å². The van der Waals surface area contributed by atoms with Gasteiger partial charge in [-0.2, -0.15) is 9.97 Å². The first kappa shape index (κ1) is 71.9. The lowest BCUT2D eigenvalue weighted by atomic mass is 9.91. The lowest BCUT2D eigenvalue weighted by molar-refractivity contribution is -0.123. The summed E-state index contributed by atoms with van der Waals surface area (Å²) >= 11 is 0. The van der Waals surface area contributed by atoms with Crippen LogP contribution in [0.5, 0.6) is 11.8 Å². The van der Waals surface area contributed by atoms with E-state index in [4.69, 9.17) is 21.1 Å². The van der Waals surface area contributed by atoms with Crippen LogP contribution in [-0.2, 0) is 27.3 Å². The molecule has 11 nitrogen and oxygen atoms in total. The van der Waals surface area contributed by atoms with Crippen molar-refractivity contribution in [3.05, 3.63) is 76.2 Å². The molecule has 472 valence electrons. The fourth-order valence-corrected chi connectivity index (χ4v) is 11.7. The van der Waals surface area contributed by atoms with Gasteiger partial charge in [0.25, 0.3) is 0 Å². The first-order chi connectivity index (χ1) is 40.6. The maximum Gasteiger partial charge on any atom is 0.318 e. The van der Waals surface area contributed by atoms with Gasteiger partial charge in [-0.15, -0.1) is 6.42 Å². The number of fused-ring (bicyclic) bond motifs is 2. The van der Waals surface area contributed by atoms with Crippen LogP contribution in [0.1, 0.15) is 227 Å². The lowest BCUT2D eigenvalue weighted by Crippen LogP contribution is -2.38. The maximum atomic E-state index is 14.7. The van der Waals surface area contributed by atoms with E-state index in [2.05, 4.69) is 82.1 Å². The Kier molecular flexibility index (Phi) is 30.9. The minimum Gasteiger partial charge on any atom is -0.508 e. The smallest absolute Gasteiger partial charge is 0.318 e. The van der Waals surface area contributed by atoms with Crippen LogP contribution in [0.4, 0.5) is 21.6 Å². The minimum atomic E-state index is -0.436. The Morgan fingerprint density at radius 1 is 0.859 bits per heavy atom. The fourth-order valence-electron chi connectivity index (χ4n) is 11.7. The molecular weight excluding hydrogens is 1060 g/mol. The number of aromatic hydroxyl groups is 1. The first-order valence-electron chi connectivity index (χ1n) is 33.1. The van der Waals surface area contributed by atoms with Crippen LogP contribution >= 0.6 is 0 Å². The number of terminal acetylenes is 1. The molecule has 1 N–H and O–H groups in total. The normalized spacial score (nSPS) is 16.4. The van der Waals surface area contributed by atoms with Gasteiger partial charge in [-0.3, -0.25) is 9.59 Å². The number of ketones is 2. The Labute approximate surface area is 515 Å². The second kappa shape index (κ2) is 36.6. The average Bonchev–Trinajstić information content (AvgIpc) is 1.86. The number of phenolic OH excluding ortho intramolecular Hbond substituents is 1. The number of hydrogen-bond acceptors (Lipinski definition) is 10. The first-order valence-corrected chi connectivity index (χ1v) is 33.1. The molecule has 4 aromatic rings. The molecule has 2 fully saturated rings. The van der Waals surface area contributed by atoms with E-state index < -0.39 is 5.82 Å². The van der Waals surface area contributed by atoms with Gasteiger partial charge < -0.3 is 34.2 Å². The van der Waals surface area contributed by atoms with E-state index in [0.29, 0.717) is 73.9 Å². The highest BCUT2D eigenvalue weighted by Gasteiger charge is 2.42. The van der Waals surface area contributed by atoms with Gasteiger partial charge in [0.1, 0.15) is 29.0 Å². The van der Waals surface area contributed by atoms with E-state index >= 15 is 0 Å². The summed E-state index contributed by atoms with van der Waals surface area (Å²) in [6.45, 7) is 37.8. The van der Waals surface area contributed by atoms with Crippen LogP contribution in [0, 0.1) is 67.0 Å². The largest absolute Gasteiger partial charge is 0.508 e. The number of aromatic nitrogens is 2. The Balaban J connectivity index is 0.000000277. The zero-order valence-corrected chi connectivity index (χ0v) is 55.7. The molecule has 0 bridgehead atoms. The van der Waals surface area contributed by atoms with Crippen LogP contribution in [0.3, 0.4) is 0 Å². The van der Waals surface area contributed by atoms with Crippen LogP contribution in [0.25, 0.3) is 10.8 Å². The van der Waals surface area contributed by atoms with Crippen LogP contribution in [0.2, 0.25) is 0 Å². The summed E-state index contributed by atoms with van der Waals surface area (Å²) in [5.41, 5.74) is 6.61.